The van der Waals surface area contributed by atoms with Crippen molar-refractivity contribution in [1.29, 1.82) is 0 Å². The van der Waals surface area contributed by atoms with E-state index < -0.39 is 0 Å². The Labute approximate surface area is 96.9 Å². The maximum absolute atomic E-state index is 10.7. The average molecular weight is 223 g/mol. The number of carbonyl (C=O) groups excluding carboxylic acids is 1. The lowest BCUT2D eigenvalue weighted by Gasteiger charge is -2.18. The van der Waals surface area contributed by atoms with E-state index in [1.54, 1.807) is 6.33 Å². The van der Waals surface area contributed by atoms with Crippen LogP contribution >= 0.6 is 0 Å². The quantitative estimate of drug-likeness (QED) is 0.796. The van der Waals surface area contributed by atoms with Crippen molar-refractivity contribution in [3.63, 3.8) is 0 Å². The molecule has 1 amide bonds. The Morgan fingerprint density at radius 2 is 2.19 bits per heavy atom. The van der Waals surface area contributed by atoms with Gasteiger partial charge in [-0.3, -0.25) is 4.79 Å². The van der Waals surface area contributed by atoms with Crippen molar-refractivity contribution in [1.82, 2.24) is 9.55 Å². The van der Waals surface area contributed by atoms with Gasteiger partial charge in [0.2, 0.25) is 5.91 Å². The number of hydrogen-bond donors (Lipinski definition) is 1. The van der Waals surface area contributed by atoms with Gasteiger partial charge in [-0.1, -0.05) is 27.2 Å². The Balaban J connectivity index is 2.54. The normalized spacial score (nSPS) is 14.7. The first-order valence-electron chi connectivity index (χ1n) is 5.81. The van der Waals surface area contributed by atoms with E-state index in [-0.39, 0.29) is 12.3 Å². The molecule has 4 nitrogen and oxygen atoms in total. The standard InChI is InChI=1S/C12H21N3O/c1-4-9(2)10(3)6-15-7-11(14-8-15)5-12(13)16/h7-10H,4-6H2,1-3H3,(H2,13,16). The second-order valence-corrected chi connectivity index (χ2v) is 4.57. The van der Waals surface area contributed by atoms with Crippen LogP contribution in [-0.4, -0.2) is 15.5 Å². The molecule has 0 aliphatic carbocycles. The molecule has 0 saturated carbocycles. The third-order valence-corrected chi connectivity index (χ3v) is 3.16. The molecule has 0 aliphatic heterocycles. The van der Waals surface area contributed by atoms with Gasteiger partial charge in [-0.15, -0.1) is 0 Å². The fourth-order valence-electron chi connectivity index (χ4n) is 1.69. The van der Waals surface area contributed by atoms with Crippen LogP contribution in [0.5, 0.6) is 0 Å². The molecule has 2 N–H and O–H groups in total. The summed E-state index contributed by atoms with van der Waals surface area (Å²) in [4.78, 5) is 14.9. The molecule has 1 heterocycles. The average Bonchev–Trinajstić information content (AvgIpc) is 2.63. The van der Waals surface area contributed by atoms with Gasteiger partial charge in [0.25, 0.3) is 0 Å². The van der Waals surface area contributed by atoms with Crippen LogP contribution in [0, 0.1) is 11.8 Å². The number of aromatic nitrogens is 2. The van der Waals surface area contributed by atoms with Gasteiger partial charge in [0, 0.05) is 12.7 Å². The van der Waals surface area contributed by atoms with E-state index >= 15 is 0 Å². The van der Waals surface area contributed by atoms with Crippen LogP contribution in [0.25, 0.3) is 0 Å². The second-order valence-electron chi connectivity index (χ2n) is 4.57. The minimum Gasteiger partial charge on any atom is -0.369 e. The number of hydrogen-bond acceptors (Lipinski definition) is 2. The third kappa shape index (κ3) is 3.68. The highest BCUT2D eigenvalue weighted by Gasteiger charge is 2.11. The first-order chi connectivity index (χ1) is 7.52. The summed E-state index contributed by atoms with van der Waals surface area (Å²) in [7, 11) is 0. The van der Waals surface area contributed by atoms with Crippen LogP contribution in [-0.2, 0) is 17.8 Å². The van der Waals surface area contributed by atoms with Crippen LogP contribution in [0.3, 0.4) is 0 Å². The first-order valence-corrected chi connectivity index (χ1v) is 5.81. The van der Waals surface area contributed by atoms with Crippen LogP contribution in [0.4, 0.5) is 0 Å². The van der Waals surface area contributed by atoms with Crippen LogP contribution < -0.4 is 5.73 Å². The van der Waals surface area contributed by atoms with Crippen molar-refractivity contribution in [2.45, 2.75) is 40.2 Å². The van der Waals surface area contributed by atoms with E-state index in [0.29, 0.717) is 11.8 Å². The van der Waals surface area contributed by atoms with E-state index in [4.69, 9.17) is 5.73 Å². The highest BCUT2D eigenvalue weighted by atomic mass is 16.1. The molecule has 0 aromatic carbocycles. The molecule has 1 aromatic rings. The van der Waals surface area contributed by atoms with Crippen molar-refractivity contribution >= 4 is 5.91 Å². The van der Waals surface area contributed by atoms with Gasteiger partial charge < -0.3 is 10.3 Å². The van der Waals surface area contributed by atoms with Crippen molar-refractivity contribution in [2.24, 2.45) is 17.6 Å². The molecule has 1 aromatic heterocycles. The van der Waals surface area contributed by atoms with E-state index in [1.807, 2.05) is 10.8 Å². The zero-order valence-electron chi connectivity index (χ0n) is 10.3. The maximum atomic E-state index is 10.7. The van der Waals surface area contributed by atoms with Gasteiger partial charge in [0.05, 0.1) is 18.4 Å². The molecule has 0 spiro atoms. The minimum atomic E-state index is -0.333. The minimum absolute atomic E-state index is 0.227. The molecule has 1 rings (SSSR count). The number of amides is 1. The maximum Gasteiger partial charge on any atom is 0.223 e. The molecule has 0 bridgehead atoms. The summed E-state index contributed by atoms with van der Waals surface area (Å²) >= 11 is 0. The van der Waals surface area contributed by atoms with Gasteiger partial charge in [-0.2, -0.15) is 0 Å². The number of imidazole rings is 1. The Morgan fingerprint density at radius 3 is 2.75 bits per heavy atom. The van der Waals surface area contributed by atoms with Crippen molar-refractivity contribution < 1.29 is 4.79 Å². The third-order valence-electron chi connectivity index (χ3n) is 3.16. The van der Waals surface area contributed by atoms with E-state index in [0.717, 1.165) is 12.2 Å². The predicted octanol–water partition coefficient (Wildman–Crippen LogP) is 1.59. The number of nitrogens with zero attached hydrogens (tertiary/aromatic N) is 2. The Kier molecular flexibility index (Phi) is 4.52. The van der Waals surface area contributed by atoms with Gasteiger partial charge in [0.1, 0.15) is 0 Å². The Hall–Kier alpha value is -1.32. The summed E-state index contributed by atoms with van der Waals surface area (Å²) < 4.78 is 2.04. The summed E-state index contributed by atoms with van der Waals surface area (Å²) in [6, 6.07) is 0. The molecule has 2 unspecified atom stereocenters. The number of carbonyl (C=O) groups is 1. The number of nitrogens with two attached hydrogens (primary N) is 1. The molecule has 90 valence electrons. The summed E-state index contributed by atoms with van der Waals surface area (Å²) in [5.74, 6) is 0.975. The summed E-state index contributed by atoms with van der Waals surface area (Å²) in [6.45, 7) is 7.64. The molecule has 0 fully saturated rings. The monoisotopic (exact) mass is 223 g/mol. The van der Waals surface area contributed by atoms with Crippen LogP contribution in [0.15, 0.2) is 12.5 Å². The van der Waals surface area contributed by atoms with Crippen molar-refractivity contribution in [3.8, 4) is 0 Å². The zero-order valence-corrected chi connectivity index (χ0v) is 10.3. The number of rotatable bonds is 6. The predicted molar refractivity (Wildman–Crippen MR) is 63.7 cm³/mol. The molecule has 4 heteroatoms. The summed E-state index contributed by atoms with van der Waals surface area (Å²) in [5, 5.41) is 0. The molecule has 0 saturated heterocycles. The first kappa shape index (κ1) is 12.7. The van der Waals surface area contributed by atoms with Gasteiger partial charge in [-0.25, -0.2) is 4.98 Å². The smallest absolute Gasteiger partial charge is 0.223 e. The summed E-state index contributed by atoms with van der Waals surface area (Å²) in [6.07, 6.45) is 5.09. The lowest BCUT2D eigenvalue weighted by molar-refractivity contribution is -0.117. The largest absolute Gasteiger partial charge is 0.369 e. The van der Waals surface area contributed by atoms with Gasteiger partial charge in [-0.05, 0) is 11.8 Å². The lowest BCUT2D eigenvalue weighted by Crippen LogP contribution is -2.14. The number of primary amides is 1. The molecular formula is C12H21N3O. The molecule has 0 radical (unpaired) electrons. The topological polar surface area (TPSA) is 60.9 Å². The summed E-state index contributed by atoms with van der Waals surface area (Å²) in [5.41, 5.74) is 5.87. The van der Waals surface area contributed by atoms with Crippen LogP contribution in [0.2, 0.25) is 0 Å². The zero-order chi connectivity index (χ0) is 12.1. The molecule has 2 atom stereocenters. The van der Waals surface area contributed by atoms with E-state index in [9.17, 15) is 4.79 Å². The Morgan fingerprint density at radius 1 is 1.50 bits per heavy atom. The molecule has 16 heavy (non-hydrogen) atoms. The molecule has 0 aliphatic rings. The fourth-order valence-corrected chi connectivity index (χ4v) is 1.69. The van der Waals surface area contributed by atoms with Gasteiger partial charge >= 0.3 is 0 Å². The van der Waals surface area contributed by atoms with E-state index in [2.05, 4.69) is 25.8 Å². The fraction of sp³-hybridized carbons (Fsp3) is 0.667. The Bertz CT molecular complexity index is 346. The van der Waals surface area contributed by atoms with Gasteiger partial charge in [0.15, 0.2) is 0 Å². The lowest BCUT2D eigenvalue weighted by atomic mass is 9.94. The highest BCUT2D eigenvalue weighted by molar-refractivity contribution is 5.75. The molecular weight excluding hydrogens is 202 g/mol. The van der Waals surface area contributed by atoms with E-state index in [1.165, 1.54) is 6.42 Å². The second kappa shape index (κ2) is 5.68. The highest BCUT2D eigenvalue weighted by Crippen LogP contribution is 2.16. The van der Waals surface area contributed by atoms with Crippen molar-refractivity contribution in [3.05, 3.63) is 18.2 Å². The SMILES string of the molecule is CCC(C)C(C)Cn1cnc(CC(N)=O)c1. The van der Waals surface area contributed by atoms with Crippen molar-refractivity contribution in [2.75, 3.05) is 0 Å². The van der Waals surface area contributed by atoms with Crippen LogP contribution in [0.1, 0.15) is 32.9 Å².